The van der Waals surface area contributed by atoms with Gasteiger partial charge in [-0.15, -0.1) is 0 Å². The molecule has 0 fully saturated rings. The van der Waals surface area contributed by atoms with E-state index in [9.17, 15) is 19.0 Å². The van der Waals surface area contributed by atoms with Crippen molar-refractivity contribution in [1.29, 1.82) is 0 Å². The lowest BCUT2D eigenvalue weighted by atomic mass is 10.0. The van der Waals surface area contributed by atoms with Gasteiger partial charge in [-0.3, -0.25) is 18.6 Å². The molecule has 0 bridgehead atoms. The average molecular weight is 788 g/mol. The SMILES string of the molecule is CCCCCCCC/C=C/CCCCCCCCCCCCCC(=O)OC[C@@H](COP(=O)(O)OCCN)OC(=O)CCCCCCCCCCCCCC. The molecule has 0 radical (unpaired) electrons. The molecule has 0 aromatic rings. The Morgan fingerprint density at radius 3 is 1.31 bits per heavy atom. The Labute approximate surface area is 332 Å². The van der Waals surface area contributed by atoms with Gasteiger partial charge in [0.25, 0.3) is 0 Å². The van der Waals surface area contributed by atoms with Crippen LogP contribution in [0.5, 0.6) is 0 Å². The van der Waals surface area contributed by atoms with E-state index in [0.29, 0.717) is 6.42 Å². The van der Waals surface area contributed by atoms with Crippen LogP contribution < -0.4 is 5.73 Å². The minimum absolute atomic E-state index is 0.0564. The normalized spacial score (nSPS) is 13.3. The van der Waals surface area contributed by atoms with E-state index < -0.39 is 26.5 Å². The number of rotatable bonds is 43. The van der Waals surface area contributed by atoms with Crippen molar-refractivity contribution in [3.63, 3.8) is 0 Å². The molecule has 0 aliphatic rings. The lowest BCUT2D eigenvalue weighted by molar-refractivity contribution is -0.161. The van der Waals surface area contributed by atoms with Crippen molar-refractivity contribution in [2.75, 3.05) is 26.4 Å². The maximum absolute atomic E-state index is 12.6. The summed E-state index contributed by atoms with van der Waals surface area (Å²) in [6, 6.07) is 0. The molecule has 0 saturated heterocycles. The first-order chi connectivity index (χ1) is 26.3. The number of unbranched alkanes of at least 4 members (excludes halogenated alkanes) is 28. The third kappa shape index (κ3) is 40.4. The Bertz CT molecular complexity index is 902. The topological polar surface area (TPSA) is 134 Å². The Morgan fingerprint density at radius 2 is 0.907 bits per heavy atom. The van der Waals surface area contributed by atoms with Crippen LogP contribution in [0, 0.1) is 0 Å². The molecule has 0 amide bonds. The fourth-order valence-electron chi connectivity index (χ4n) is 6.51. The Morgan fingerprint density at radius 1 is 0.537 bits per heavy atom. The molecule has 0 rings (SSSR count). The summed E-state index contributed by atoms with van der Waals surface area (Å²) in [4.78, 5) is 34.8. The van der Waals surface area contributed by atoms with E-state index in [2.05, 4.69) is 26.0 Å². The van der Waals surface area contributed by atoms with Crippen LogP contribution in [0.3, 0.4) is 0 Å². The van der Waals surface area contributed by atoms with Crippen LogP contribution in [0.15, 0.2) is 12.2 Å². The largest absolute Gasteiger partial charge is 0.472 e. The molecule has 0 aromatic heterocycles. The molecule has 0 heterocycles. The second-order valence-corrected chi connectivity index (χ2v) is 16.7. The van der Waals surface area contributed by atoms with Crippen LogP contribution >= 0.6 is 7.82 Å². The monoisotopic (exact) mass is 788 g/mol. The second-order valence-electron chi connectivity index (χ2n) is 15.3. The van der Waals surface area contributed by atoms with E-state index in [1.807, 2.05) is 0 Å². The lowest BCUT2D eigenvalue weighted by Crippen LogP contribution is -2.29. The number of phosphoric ester groups is 1. The number of hydrogen-bond acceptors (Lipinski definition) is 8. The average Bonchev–Trinajstić information content (AvgIpc) is 3.16. The van der Waals surface area contributed by atoms with Crippen LogP contribution in [0.2, 0.25) is 0 Å². The third-order valence-corrected chi connectivity index (χ3v) is 10.9. The zero-order chi connectivity index (χ0) is 39.6. The summed E-state index contributed by atoms with van der Waals surface area (Å²) in [7, 11) is -4.37. The molecule has 9 nitrogen and oxygen atoms in total. The smallest absolute Gasteiger partial charge is 0.462 e. The molecule has 0 aliphatic heterocycles. The first-order valence-corrected chi connectivity index (χ1v) is 24.2. The van der Waals surface area contributed by atoms with Crippen LogP contribution in [-0.4, -0.2) is 49.3 Å². The van der Waals surface area contributed by atoms with Gasteiger partial charge in [0.2, 0.25) is 0 Å². The van der Waals surface area contributed by atoms with Crippen LogP contribution in [-0.2, 0) is 32.7 Å². The highest BCUT2D eigenvalue weighted by atomic mass is 31.2. The van der Waals surface area contributed by atoms with E-state index in [-0.39, 0.29) is 38.6 Å². The van der Waals surface area contributed by atoms with E-state index in [1.165, 1.54) is 161 Å². The molecule has 0 saturated carbocycles. The summed E-state index contributed by atoms with van der Waals surface area (Å²) in [5, 5.41) is 0. The highest BCUT2D eigenvalue weighted by molar-refractivity contribution is 7.47. The van der Waals surface area contributed by atoms with E-state index in [1.54, 1.807) is 0 Å². The minimum Gasteiger partial charge on any atom is -0.462 e. The van der Waals surface area contributed by atoms with Crippen molar-refractivity contribution in [3.05, 3.63) is 12.2 Å². The fourth-order valence-corrected chi connectivity index (χ4v) is 7.28. The summed E-state index contributed by atoms with van der Waals surface area (Å²) in [6.07, 6.45) is 42.4. The summed E-state index contributed by atoms with van der Waals surface area (Å²) < 4.78 is 32.8. The summed E-state index contributed by atoms with van der Waals surface area (Å²) in [6.45, 7) is 3.75. The molecule has 1 unspecified atom stereocenters. The van der Waals surface area contributed by atoms with E-state index in [4.69, 9.17) is 24.3 Å². The molecular weight excluding hydrogens is 701 g/mol. The zero-order valence-corrected chi connectivity index (χ0v) is 36.1. The van der Waals surface area contributed by atoms with Gasteiger partial charge in [0.15, 0.2) is 6.10 Å². The van der Waals surface area contributed by atoms with Crippen molar-refractivity contribution < 1.29 is 37.6 Å². The van der Waals surface area contributed by atoms with E-state index >= 15 is 0 Å². The molecule has 10 heteroatoms. The van der Waals surface area contributed by atoms with Gasteiger partial charge in [-0.2, -0.15) is 0 Å². The fraction of sp³-hybridized carbons (Fsp3) is 0.909. The van der Waals surface area contributed by atoms with Crippen LogP contribution in [0.4, 0.5) is 0 Å². The van der Waals surface area contributed by atoms with Gasteiger partial charge in [0.1, 0.15) is 6.61 Å². The third-order valence-electron chi connectivity index (χ3n) is 9.90. The van der Waals surface area contributed by atoms with Crippen molar-refractivity contribution in [3.8, 4) is 0 Å². The number of ether oxygens (including phenoxy) is 2. The molecule has 320 valence electrons. The van der Waals surface area contributed by atoms with Crippen molar-refractivity contribution in [1.82, 2.24) is 0 Å². The second kappa shape index (κ2) is 41.4. The summed E-state index contributed by atoms with van der Waals surface area (Å²) >= 11 is 0. The maximum Gasteiger partial charge on any atom is 0.472 e. The highest BCUT2D eigenvalue weighted by Crippen LogP contribution is 2.43. The van der Waals surface area contributed by atoms with Gasteiger partial charge >= 0.3 is 19.8 Å². The van der Waals surface area contributed by atoms with Crippen LogP contribution in [0.25, 0.3) is 0 Å². The first kappa shape index (κ1) is 52.8. The first-order valence-electron chi connectivity index (χ1n) is 22.7. The predicted octanol–water partition coefficient (Wildman–Crippen LogP) is 13.0. The molecule has 3 N–H and O–H groups in total. The van der Waals surface area contributed by atoms with E-state index in [0.717, 1.165) is 32.1 Å². The number of carbonyl (C=O) groups is 2. The molecular formula is C44H86NO8P. The molecule has 54 heavy (non-hydrogen) atoms. The Hall–Kier alpha value is -1.25. The number of nitrogens with two attached hydrogens (primary N) is 1. The lowest BCUT2D eigenvalue weighted by Gasteiger charge is -2.19. The molecule has 0 spiro atoms. The van der Waals surface area contributed by atoms with Crippen molar-refractivity contribution in [2.45, 2.75) is 232 Å². The number of esters is 2. The molecule has 0 aliphatic carbocycles. The van der Waals surface area contributed by atoms with Gasteiger partial charge in [0.05, 0.1) is 13.2 Å². The van der Waals surface area contributed by atoms with Gasteiger partial charge in [-0.1, -0.05) is 187 Å². The highest BCUT2D eigenvalue weighted by Gasteiger charge is 2.26. The summed E-state index contributed by atoms with van der Waals surface area (Å²) in [5.74, 6) is -0.819. The number of phosphoric acid groups is 1. The molecule has 0 aromatic carbocycles. The zero-order valence-electron chi connectivity index (χ0n) is 35.2. The van der Waals surface area contributed by atoms with Gasteiger partial charge < -0.3 is 20.1 Å². The predicted molar refractivity (Wildman–Crippen MR) is 224 cm³/mol. The van der Waals surface area contributed by atoms with Gasteiger partial charge in [0, 0.05) is 19.4 Å². The van der Waals surface area contributed by atoms with Crippen molar-refractivity contribution >= 4 is 19.8 Å². The quantitative estimate of drug-likeness (QED) is 0.0268. The van der Waals surface area contributed by atoms with Crippen LogP contribution in [0.1, 0.15) is 226 Å². The number of hydrogen-bond donors (Lipinski definition) is 2. The van der Waals surface area contributed by atoms with Crippen molar-refractivity contribution in [2.24, 2.45) is 5.73 Å². The number of allylic oxidation sites excluding steroid dienone is 2. The maximum atomic E-state index is 12.6. The Kier molecular flexibility index (Phi) is 40.4. The minimum atomic E-state index is -4.37. The number of carbonyl (C=O) groups excluding carboxylic acids is 2. The standard InChI is InChI=1S/C44H86NO8P/c1-3-5-7-9-11-13-15-17-18-19-20-21-22-23-24-25-27-28-30-32-34-36-43(46)50-40-42(41-52-54(48,49)51-39-38-45)53-44(47)37-35-33-31-29-26-16-14-12-10-8-6-4-2/h17-18,42H,3-16,19-41,45H2,1-2H3,(H,48,49)/b18-17+/t42-/m0/s1. The molecule has 2 atom stereocenters. The van der Waals surface area contributed by atoms with Gasteiger partial charge in [-0.05, 0) is 38.5 Å². The Balaban J connectivity index is 4.03. The summed E-state index contributed by atoms with van der Waals surface area (Å²) in [5.41, 5.74) is 5.35. The van der Waals surface area contributed by atoms with Gasteiger partial charge in [-0.25, -0.2) is 4.57 Å².